The van der Waals surface area contributed by atoms with Gasteiger partial charge < -0.3 is 10.7 Å². The second kappa shape index (κ2) is 5.34. The molecule has 2 aromatic rings. The molecule has 0 aliphatic heterocycles. The van der Waals surface area contributed by atoms with Crippen LogP contribution in [0, 0.1) is 6.92 Å². The summed E-state index contributed by atoms with van der Waals surface area (Å²) in [6, 6.07) is 8.53. The van der Waals surface area contributed by atoms with Crippen LogP contribution in [0.1, 0.15) is 22.6 Å². The summed E-state index contributed by atoms with van der Waals surface area (Å²) in [4.78, 5) is 7.29. The third-order valence-electron chi connectivity index (χ3n) is 2.75. The molecule has 1 heterocycles. The maximum atomic E-state index is 6.02. The lowest BCUT2D eigenvalue weighted by Crippen LogP contribution is -1.98. The van der Waals surface area contributed by atoms with Gasteiger partial charge in [-0.1, -0.05) is 41.4 Å². The second-order valence-corrected chi connectivity index (χ2v) is 4.50. The first-order valence-electron chi connectivity index (χ1n) is 5.68. The molecule has 0 saturated heterocycles. The zero-order valence-electron chi connectivity index (χ0n) is 9.83. The number of nitrogens with two attached hydrogens (primary N) is 1. The number of aryl methyl sites for hydroxylation is 3. The molecule has 0 radical (unpaired) electrons. The smallest absolute Gasteiger partial charge is 0.150 e. The van der Waals surface area contributed by atoms with E-state index in [4.69, 9.17) is 17.3 Å². The van der Waals surface area contributed by atoms with Gasteiger partial charge in [0.15, 0.2) is 0 Å². The number of imidazole rings is 1. The molecule has 1 aromatic heterocycles. The van der Waals surface area contributed by atoms with E-state index < -0.39 is 0 Å². The summed E-state index contributed by atoms with van der Waals surface area (Å²) in [6.45, 7) is 2.48. The Labute approximate surface area is 106 Å². The minimum absolute atomic E-state index is 0.393. The van der Waals surface area contributed by atoms with Gasteiger partial charge in [-0.25, -0.2) is 4.98 Å². The van der Waals surface area contributed by atoms with Crippen LogP contribution in [0.5, 0.6) is 0 Å². The van der Waals surface area contributed by atoms with E-state index in [1.807, 2.05) is 0 Å². The van der Waals surface area contributed by atoms with Gasteiger partial charge in [0.1, 0.15) is 11.0 Å². The summed E-state index contributed by atoms with van der Waals surface area (Å²) < 4.78 is 0. The maximum Gasteiger partial charge on any atom is 0.150 e. The van der Waals surface area contributed by atoms with Crippen molar-refractivity contribution in [2.75, 3.05) is 0 Å². The molecule has 0 spiro atoms. The van der Waals surface area contributed by atoms with Crippen LogP contribution >= 0.6 is 11.6 Å². The summed E-state index contributed by atoms with van der Waals surface area (Å²) >= 11 is 6.02. The van der Waals surface area contributed by atoms with Crippen molar-refractivity contribution in [2.45, 2.75) is 26.3 Å². The monoisotopic (exact) mass is 249 g/mol. The van der Waals surface area contributed by atoms with Crippen LogP contribution in [0.3, 0.4) is 0 Å². The quantitative estimate of drug-likeness (QED) is 0.875. The molecule has 0 aliphatic rings. The highest BCUT2D eigenvalue weighted by Gasteiger charge is 2.07. The number of halogens is 1. The number of rotatable bonds is 4. The third-order valence-corrected chi connectivity index (χ3v) is 3.07. The van der Waals surface area contributed by atoms with Crippen molar-refractivity contribution in [3.63, 3.8) is 0 Å². The Morgan fingerprint density at radius 3 is 2.53 bits per heavy atom. The van der Waals surface area contributed by atoms with Crippen molar-refractivity contribution >= 4 is 11.6 Å². The Kier molecular flexibility index (Phi) is 3.82. The van der Waals surface area contributed by atoms with Crippen molar-refractivity contribution in [3.8, 4) is 0 Å². The van der Waals surface area contributed by atoms with E-state index in [1.54, 1.807) is 0 Å². The fraction of sp³-hybridized carbons (Fsp3) is 0.308. The number of benzene rings is 1. The first kappa shape index (κ1) is 12.1. The molecule has 0 aliphatic carbocycles. The van der Waals surface area contributed by atoms with Crippen LogP contribution in [0.2, 0.25) is 5.15 Å². The fourth-order valence-corrected chi connectivity index (χ4v) is 1.97. The van der Waals surface area contributed by atoms with E-state index in [1.165, 1.54) is 11.1 Å². The molecule has 0 atom stereocenters. The van der Waals surface area contributed by atoms with Gasteiger partial charge in [-0.3, -0.25) is 0 Å². The summed E-state index contributed by atoms with van der Waals surface area (Å²) in [5, 5.41) is 0.539. The van der Waals surface area contributed by atoms with Crippen LogP contribution in [-0.4, -0.2) is 9.97 Å². The molecule has 0 amide bonds. The summed E-state index contributed by atoms with van der Waals surface area (Å²) in [6.07, 6.45) is 1.81. The van der Waals surface area contributed by atoms with Gasteiger partial charge in [-0.2, -0.15) is 0 Å². The van der Waals surface area contributed by atoms with E-state index in [0.717, 1.165) is 24.4 Å². The normalized spacial score (nSPS) is 10.8. The van der Waals surface area contributed by atoms with Crippen LogP contribution in [0.4, 0.5) is 0 Å². The van der Waals surface area contributed by atoms with E-state index in [0.29, 0.717) is 11.7 Å². The van der Waals surface area contributed by atoms with E-state index in [9.17, 15) is 0 Å². The molecule has 3 N–H and O–H groups in total. The van der Waals surface area contributed by atoms with Gasteiger partial charge in [0.25, 0.3) is 0 Å². The minimum Gasteiger partial charge on any atom is -0.343 e. The predicted octanol–water partition coefficient (Wildman–Crippen LogP) is 2.62. The van der Waals surface area contributed by atoms with Crippen molar-refractivity contribution in [3.05, 3.63) is 52.1 Å². The highest BCUT2D eigenvalue weighted by molar-refractivity contribution is 6.30. The molecule has 1 aromatic carbocycles. The third kappa shape index (κ3) is 3.08. The SMILES string of the molecule is Cc1ccc(CCc2[nH]c(CN)nc2Cl)cc1. The number of hydrogen-bond acceptors (Lipinski definition) is 2. The maximum absolute atomic E-state index is 6.02. The largest absolute Gasteiger partial charge is 0.343 e. The summed E-state index contributed by atoms with van der Waals surface area (Å²) in [5.41, 5.74) is 9.05. The van der Waals surface area contributed by atoms with Gasteiger partial charge >= 0.3 is 0 Å². The van der Waals surface area contributed by atoms with E-state index in [-0.39, 0.29) is 0 Å². The molecule has 0 fully saturated rings. The summed E-state index contributed by atoms with van der Waals surface area (Å²) in [7, 11) is 0. The van der Waals surface area contributed by atoms with Gasteiger partial charge in [0.2, 0.25) is 0 Å². The van der Waals surface area contributed by atoms with Crippen molar-refractivity contribution in [1.29, 1.82) is 0 Å². The van der Waals surface area contributed by atoms with Crippen LogP contribution in [-0.2, 0) is 19.4 Å². The summed E-state index contributed by atoms with van der Waals surface area (Å²) in [5.74, 6) is 0.744. The molecule has 17 heavy (non-hydrogen) atoms. The van der Waals surface area contributed by atoms with Gasteiger partial charge in [0, 0.05) is 0 Å². The Hall–Kier alpha value is -1.32. The molecule has 0 bridgehead atoms. The standard InChI is InChI=1S/C13H16ClN3/c1-9-2-4-10(5-3-9)6-7-11-13(14)17-12(8-15)16-11/h2-5H,6-8,15H2,1H3,(H,16,17). The Balaban J connectivity index is 2.01. The number of hydrogen-bond donors (Lipinski definition) is 2. The average Bonchev–Trinajstić information content (AvgIpc) is 2.69. The Morgan fingerprint density at radius 2 is 1.94 bits per heavy atom. The highest BCUT2D eigenvalue weighted by atomic mass is 35.5. The topological polar surface area (TPSA) is 54.7 Å². The zero-order valence-corrected chi connectivity index (χ0v) is 10.6. The fourth-order valence-electron chi connectivity index (χ4n) is 1.73. The first-order valence-corrected chi connectivity index (χ1v) is 6.05. The molecule has 0 saturated carbocycles. The molecular formula is C13H16ClN3. The van der Waals surface area contributed by atoms with Gasteiger partial charge in [0.05, 0.1) is 12.2 Å². The lowest BCUT2D eigenvalue weighted by Gasteiger charge is -2.01. The molecule has 2 rings (SSSR count). The average molecular weight is 250 g/mol. The number of nitrogens with zero attached hydrogens (tertiary/aromatic N) is 1. The van der Waals surface area contributed by atoms with Gasteiger partial charge in [-0.15, -0.1) is 0 Å². The van der Waals surface area contributed by atoms with Crippen molar-refractivity contribution in [2.24, 2.45) is 5.73 Å². The molecule has 4 heteroatoms. The highest BCUT2D eigenvalue weighted by Crippen LogP contribution is 2.15. The van der Waals surface area contributed by atoms with Crippen LogP contribution in [0.15, 0.2) is 24.3 Å². The number of aromatic nitrogens is 2. The lowest BCUT2D eigenvalue weighted by atomic mass is 10.1. The molecular weight excluding hydrogens is 234 g/mol. The Morgan fingerprint density at radius 1 is 1.24 bits per heavy atom. The predicted molar refractivity (Wildman–Crippen MR) is 70.1 cm³/mol. The van der Waals surface area contributed by atoms with Crippen molar-refractivity contribution in [1.82, 2.24) is 9.97 Å². The van der Waals surface area contributed by atoms with Crippen LogP contribution < -0.4 is 5.73 Å². The second-order valence-electron chi connectivity index (χ2n) is 4.14. The molecule has 3 nitrogen and oxygen atoms in total. The van der Waals surface area contributed by atoms with E-state index in [2.05, 4.69) is 41.2 Å². The molecule has 0 unspecified atom stereocenters. The number of H-pyrrole nitrogens is 1. The lowest BCUT2D eigenvalue weighted by molar-refractivity contribution is 0.894. The van der Waals surface area contributed by atoms with E-state index >= 15 is 0 Å². The zero-order chi connectivity index (χ0) is 12.3. The first-order chi connectivity index (χ1) is 8.19. The van der Waals surface area contributed by atoms with Gasteiger partial charge in [-0.05, 0) is 25.3 Å². The number of aromatic amines is 1. The Bertz CT molecular complexity index is 488. The van der Waals surface area contributed by atoms with Crippen LogP contribution in [0.25, 0.3) is 0 Å². The molecule has 90 valence electrons. The number of nitrogens with one attached hydrogen (secondary N) is 1. The minimum atomic E-state index is 0.393. The van der Waals surface area contributed by atoms with Crippen molar-refractivity contribution < 1.29 is 0 Å².